The number of carbonyl (C=O) groups is 2. The molecule has 7 heteroatoms. The molecule has 0 aromatic carbocycles. The van der Waals surface area contributed by atoms with E-state index in [-0.39, 0.29) is 18.4 Å². The van der Waals surface area contributed by atoms with Crippen molar-refractivity contribution in [3.05, 3.63) is 0 Å². The number of hydrazone groups is 1. The summed E-state index contributed by atoms with van der Waals surface area (Å²) in [6.07, 6.45) is 1.64. The highest BCUT2D eigenvalue weighted by molar-refractivity contribution is 6.39. The first-order valence-corrected chi connectivity index (χ1v) is 6.68. The van der Waals surface area contributed by atoms with Crippen LogP contribution in [0.15, 0.2) is 5.10 Å². The van der Waals surface area contributed by atoms with Crippen molar-refractivity contribution >= 4 is 17.5 Å². The second-order valence-corrected chi connectivity index (χ2v) is 4.80. The first kappa shape index (κ1) is 14.0. The van der Waals surface area contributed by atoms with Crippen LogP contribution in [0, 0.1) is 0 Å². The van der Waals surface area contributed by atoms with Crippen LogP contribution in [-0.2, 0) is 9.59 Å². The van der Waals surface area contributed by atoms with Crippen LogP contribution < -0.4 is 5.43 Å². The Kier molecular flexibility index (Phi) is 4.86. The van der Waals surface area contributed by atoms with Crippen LogP contribution in [0.5, 0.6) is 0 Å². The zero-order chi connectivity index (χ0) is 13.7. The molecule has 19 heavy (non-hydrogen) atoms. The molecule has 0 saturated carbocycles. The van der Waals surface area contributed by atoms with Gasteiger partial charge in [0.25, 0.3) is 5.91 Å². The summed E-state index contributed by atoms with van der Waals surface area (Å²) in [7, 11) is 0. The van der Waals surface area contributed by atoms with Crippen molar-refractivity contribution in [2.75, 3.05) is 39.3 Å². The van der Waals surface area contributed by atoms with Crippen LogP contribution in [0.2, 0.25) is 0 Å². The third-order valence-corrected chi connectivity index (χ3v) is 3.44. The molecule has 0 radical (unpaired) electrons. The highest BCUT2D eigenvalue weighted by Gasteiger charge is 2.25. The summed E-state index contributed by atoms with van der Waals surface area (Å²) in [6.45, 7) is 3.81. The summed E-state index contributed by atoms with van der Waals surface area (Å²) < 4.78 is 0. The van der Waals surface area contributed by atoms with Gasteiger partial charge in [-0.15, -0.1) is 0 Å². The van der Waals surface area contributed by atoms with Crippen LogP contribution in [0.1, 0.15) is 19.3 Å². The Bertz CT molecular complexity index is 383. The minimum Gasteiger partial charge on any atom is -0.395 e. The molecule has 0 aliphatic carbocycles. The minimum atomic E-state index is -0.137. The smallest absolute Gasteiger partial charge is 0.270 e. The predicted molar refractivity (Wildman–Crippen MR) is 69.5 cm³/mol. The van der Waals surface area contributed by atoms with E-state index < -0.39 is 0 Å². The van der Waals surface area contributed by atoms with E-state index in [1.165, 1.54) is 0 Å². The number of rotatable bonds is 3. The van der Waals surface area contributed by atoms with Gasteiger partial charge in [0.1, 0.15) is 5.71 Å². The second kappa shape index (κ2) is 6.63. The lowest BCUT2D eigenvalue weighted by Crippen LogP contribution is -2.42. The Labute approximate surface area is 112 Å². The molecule has 0 spiro atoms. The van der Waals surface area contributed by atoms with Gasteiger partial charge in [0, 0.05) is 39.0 Å². The van der Waals surface area contributed by atoms with Gasteiger partial charge in [-0.3, -0.25) is 14.5 Å². The molecule has 0 aromatic heterocycles. The Morgan fingerprint density at radius 2 is 2.11 bits per heavy atom. The predicted octanol–water partition coefficient (Wildman–Crippen LogP) is -1.22. The SMILES string of the molecule is O=C1CCC(C(=O)N2CCCN(CCO)CC2)=NN1. The molecule has 2 aliphatic rings. The van der Waals surface area contributed by atoms with Gasteiger partial charge in [0.15, 0.2) is 0 Å². The van der Waals surface area contributed by atoms with Gasteiger partial charge in [-0.25, -0.2) is 5.43 Å². The van der Waals surface area contributed by atoms with E-state index in [2.05, 4.69) is 15.4 Å². The molecular formula is C12H20N4O3. The van der Waals surface area contributed by atoms with Gasteiger partial charge in [-0.1, -0.05) is 0 Å². The van der Waals surface area contributed by atoms with E-state index in [1.807, 2.05) is 0 Å². The van der Waals surface area contributed by atoms with E-state index in [0.29, 0.717) is 38.2 Å². The molecule has 1 fully saturated rings. The first-order valence-electron chi connectivity index (χ1n) is 6.68. The van der Waals surface area contributed by atoms with Crippen molar-refractivity contribution in [2.24, 2.45) is 5.10 Å². The molecule has 7 nitrogen and oxygen atoms in total. The first-order chi connectivity index (χ1) is 9.20. The van der Waals surface area contributed by atoms with Crippen LogP contribution in [-0.4, -0.2) is 71.8 Å². The minimum absolute atomic E-state index is 0.0779. The molecule has 106 valence electrons. The molecule has 2 rings (SSSR count). The summed E-state index contributed by atoms with van der Waals surface area (Å²) >= 11 is 0. The highest BCUT2D eigenvalue weighted by atomic mass is 16.3. The molecule has 2 heterocycles. The van der Waals surface area contributed by atoms with E-state index in [9.17, 15) is 9.59 Å². The number of hydrogen-bond acceptors (Lipinski definition) is 5. The number of nitrogens with one attached hydrogen (secondary N) is 1. The summed E-state index contributed by atoms with van der Waals surface area (Å²) in [6, 6.07) is 0. The molecule has 1 saturated heterocycles. The standard InChI is InChI=1S/C12H20N4O3/c17-9-8-15-4-1-5-16(7-6-15)12(19)10-2-3-11(18)14-13-10/h17H,1-9H2,(H,14,18). The number of amides is 2. The van der Waals surface area contributed by atoms with Gasteiger partial charge < -0.3 is 10.0 Å². The van der Waals surface area contributed by atoms with Crippen molar-refractivity contribution < 1.29 is 14.7 Å². The van der Waals surface area contributed by atoms with E-state index in [1.54, 1.807) is 4.90 Å². The average molecular weight is 268 g/mol. The van der Waals surface area contributed by atoms with Gasteiger partial charge in [0.2, 0.25) is 5.91 Å². The largest absolute Gasteiger partial charge is 0.395 e. The fourth-order valence-corrected chi connectivity index (χ4v) is 2.35. The third-order valence-electron chi connectivity index (χ3n) is 3.44. The van der Waals surface area contributed by atoms with E-state index >= 15 is 0 Å². The summed E-state index contributed by atoms with van der Waals surface area (Å²) in [4.78, 5) is 27.2. The lowest BCUT2D eigenvalue weighted by molar-refractivity contribution is -0.124. The van der Waals surface area contributed by atoms with Crippen LogP contribution in [0.4, 0.5) is 0 Å². The Balaban J connectivity index is 1.91. The molecule has 2 N–H and O–H groups in total. The van der Waals surface area contributed by atoms with Gasteiger partial charge in [-0.05, 0) is 13.0 Å². The number of nitrogens with zero attached hydrogens (tertiary/aromatic N) is 3. The monoisotopic (exact) mass is 268 g/mol. The number of carbonyl (C=O) groups excluding carboxylic acids is 2. The molecule has 0 atom stereocenters. The van der Waals surface area contributed by atoms with Crippen molar-refractivity contribution in [3.63, 3.8) is 0 Å². The van der Waals surface area contributed by atoms with Crippen LogP contribution in [0.3, 0.4) is 0 Å². The highest BCUT2D eigenvalue weighted by Crippen LogP contribution is 2.08. The van der Waals surface area contributed by atoms with Crippen LogP contribution >= 0.6 is 0 Å². The summed E-state index contributed by atoms with van der Waals surface area (Å²) in [5.74, 6) is -0.215. The Morgan fingerprint density at radius 1 is 1.26 bits per heavy atom. The maximum Gasteiger partial charge on any atom is 0.270 e. The molecule has 0 bridgehead atoms. The average Bonchev–Trinajstić information content (AvgIpc) is 2.65. The van der Waals surface area contributed by atoms with Crippen molar-refractivity contribution in [1.29, 1.82) is 0 Å². The topological polar surface area (TPSA) is 85.2 Å². The van der Waals surface area contributed by atoms with E-state index in [4.69, 9.17) is 5.11 Å². The number of aliphatic hydroxyl groups is 1. The lowest BCUT2D eigenvalue weighted by Gasteiger charge is -2.23. The number of β-amino-alcohol motifs (C(OH)–C–C–N with tert-alkyl or cyclic N) is 1. The van der Waals surface area contributed by atoms with Crippen LogP contribution in [0.25, 0.3) is 0 Å². The Hall–Kier alpha value is -1.47. The zero-order valence-electron chi connectivity index (χ0n) is 11.0. The molecular weight excluding hydrogens is 248 g/mol. The van der Waals surface area contributed by atoms with Gasteiger partial charge >= 0.3 is 0 Å². The number of aliphatic hydroxyl groups excluding tert-OH is 1. The quantitative estimate of drug-likeness (QED) is 0.672. The summed E-state index contributed by atoms with van der Waals surface area (Å²) in [5.41, 5.74) is 2.79. The molecule has 0 aromatic rings. The van der Waals surface area contributed by atoms with Crippen molar-refractivity contribution in [3.8, 4) is 0 Å². The number of hydrogen-bond donors (Lipinski definition) is 2. The molecule has 0 unspecified atom stereocenters. The fraction of sp³-hybridized carbons (Fsp3) is 0.750. The zero-order valence-corrected chi connectivity index (χ0v) is 11.0. The summed E-state index contributed by atoms with van der Waals surface area (Å²) in [5, 5.41) is 12.8. The maximum atomic E-state index is 12.3. The maximum absolute atomic E-state index is 12.3. The lowest BCUT2D eigenvalue weighted by atomic mass is 10.1. The van der Waals surface area contributed by atoms with Gasteiger partial charge in [0.05, 0.1) is 6.61 Å². The fourth-order valence-electron chi connectivity index (χ4n) is 2.35. The Morgan fingerprint density at radius 3 is 2.79 bits per heavy atom. The second-order valence-electron chi connectivity index (χ2n) is 4.80. The van der Waals surface area contributed by atoms with E-state index in [0.717, 1.165) is 19.5 Å². The molecule has 2 amide bonds. The normalized spacial score (nSPS) is 21.6. The van der Waals surface area contributed by atoms with Crippen molar-refractivity contribution in [1.82, 2.24) is 15.2 Å². The molecule has 2 aliphatic heterocycles. The van der Waals surface area contributed by atoms with Crippen molar-refractivity contribution in [2.45, 2.75) is 19.3 Å². The third kappa shape index (κ3) is 3.74. The van der Waals surface area contributed by atoms with Gasteiger partial charge in [-0.2, -0.15) is 5.10 Å².